The third-order valence-electron chi connectivity index (χ3n) is 4.05. The van der Waals surface area contributed by atoms with E-state index in [1.807, 2.05) is 6.92 Å². The highest BCUT2D eigenvalue weighted by atomic mass is 16.5. The van der Waals surface area contributed by atoms with E-state index in [0.29, 0.717) is 29.1 Å². The number of methoxy groups -OCH3 is 2. The van der Waals surface area contributed by atoms with E-state index in [9.17, 15) is 14.4 Å². The van der Waals surface area contributed by atoms with Crippen molar-refractivity contribution >= 4 is 17.7 Å². The first-order valence-electron chi connectivity index (χ1n) is 8.02. The summed E-state index contributed by atoms with van der Waals surface area (Å²) in [6, 6.07) is 0. The molecule has 0 aliphatic carbocycles. The van der Waals surface area contributed by atoms with E-state index in [1.54, 1.807) is 24.5 Å². The van der Waals surface area contributed by atoms with Crippen molar-refractivity contribution in [3.8, 4) is 0 Å². The predicted octanol–water partition coefficient (Wildman–Crippen LogP) is 1.76. The summed E-state index contributed by atoms with van der Waals surface area (Å²) in [6.07, 6.45) is 1.55. The summed E-state index contributed by atoms with van der Waals surface area (Å²) >= 11 is 0. The highest BCUT2D eigenvalue weighted by Gasteiger charge is 2.27. The molecule has 0 atom stereocenters. The molecule has 138 valence electrons. The summed E-state index contributed by atoms with van der Waals surface area (Å²) in [7, 11) is 2.73. The second-order valence-corrected chi connectivity index (χ2v) is 5.59. The van der Waals surface area contributed by atoms with E-state index in [0.717, 1.165) is 0 Å². The van der Waals surface area contributed by atoms with Crippen molar-refractivity contribution in [2.45, 2.75) is 27.3 Å². The lowest BCUT2D eigenvalue weighted by molar-refractivity contribution is -0.134. The fourth-order valence-corrected chi connectivity index (χ4v) is 2.94. The molecular formula is C18H26N2O5. The number of hydrogen-bond donors (Lipinski definition) is 0. The van der Waals surface area contributed by atoms with Crippen molar-refractivity contribution in [2.75, 3.05) is 33.9 Å². The van der Waals surface area contributed by atoms with Gasteiger partial charge in [0.05, 0.1) is 13.7 Å². The molecule has 0 saturated heterocycles. The Bertz CT molecular complexity index is 675. The van der Waals surface area contributed by atoms with Gasteiger partial charge in [0.2, 0.25) is 5.91 Å². The minimum Gasteiger partial charge on any atom is -0.464 e. The Morgan fingerprint density at radius 2 is 1.88 bits per heavy atom. The van der Waals surface area contributed by atoms with Gasteiger partial charge in [-0.05, 0) is 26.3 Å². The Morgan fingerprint density at radius 3 is 2.36 bits per heavy atom. The molecule has 0 unspecified atom stereocenters. The SMILES string of the molecule is C=CCN(CC(=O)c1c(C)c(C(=O)OC)n(CC)c1C)C(=O)COC. The van der Waals surface area contributed by atoms with Crippen LogP contribution in [0.4, 0.5) is 0 Å². The topological polar surface area (TPSA) is 77.8 Å². The Labute approximate surface area is 148 Å². The van der Waals surface area contributed by atoms with Gasteiger partial charge in [0.15, 0.2) is 5.78 Å². The average Bonchev–Trinajstić information content (AvgIpc) is 2.83. The van der Waals surface area contributed by atoms with Gasteiger partial charge in [-0.25, -0.2) is 4.79 Å². The number of rotatable bonds is 9. The van der Waals surface area contributed by atoms with Crippen LogP contribution in [0, 0.1) is 13.8 Å². The Morgan fingerprint density at radius 1 is 1.24 bits per heavy atom. The number of carbonyl (C=O) groups is 3. The number of aromatic nitrogens is 1. The lowest BCUT2D eigenvalue weighted by Gasteiger charge is -2.20. The highest BCUT2D eigenvalue weighted by molar-refractivity contribution is 6.04. The minimum atomic E-state index is -0.486. The van der Waals surface area contributed by atoms with Crippen LogP contribution >= 0.6 is 0 Å². The van der Waals surface area contributed by atoms with Gasteiger partial charge in [-0.1, -0.05) is 6.08 Å². The zero-order valence-corrected chi connectivity index (χ0v) is 15.5. The van der Waals surface area contributed by atoms with Crippen LogP contribution in [-0.4, -0.2) is 61.0 Å². The lowest BCUT2D eigenvalue weighted by atomic mass is 10.1. The van der Waals surface area contributed by atoms with Crippen molar-refractivity contribution in [2.24, 2.45) is 0 Å². The highest BCUT2D eigenvalue weighted by Crippen LogP contribution is 2.24. The van der Waals surface area contributed by atoms with Gasteiger partial charge >= 0.3 is 5.97 Å². The molecule has 1 heterocycles. The molecule has 1 amide bonds. The maximum atomic E-state index is 12.8. The van der Waals surface area contributed by atoms with Crippen LogP contribution in [-0.2, 0) is 20.8 Å². The maximum absolute atomic E-state index is 12.8. The number of Topliss-reactive ketones (excluding diaryl/α,β-unsaturated/α-hetero) is 1. The third-order valence-corrected chi connectivity index (χ3v) is 4.05. The van der Waals surface area contributed by atoms with Crippen LogP contribution in [0.2, 0.25) is 0 Å². The Hall–Kier alpha value is -2.41. The van der Waals surface area contributed by atoms with E-state index in [4.69, 9.17) is 9.47 Å². The third kappa shape index (κ3) is 4.36. The fourth-order valence-electron chi connectivity index (χ4n) is 2.94. The molecule has 0 aromatic carbocycles. The van der Waals surface area contributed by atoms with Gasteiger partial charge in [-0.2, -0.15) is 0 Å². The van der Waals surface area contributed by atoms with Gasteiger partial charge in [0.25, 0.3) is 0 Å². The molecule has 0 saturated carbocycles. The van der Waals surface area contributed by atoms with E-state index in [1.165, 1.54) is 19.1 Å². The van der Waals surface area contributed by atoms with Gasteiger partial charge < -0.3 is 18.9 Å². The first-order chi connectivity index (χ1) is 11.8. The van der Waals surface area contributed by atoms with E-state index in [2.05, 4.69) is 6.58 Å². The molecule has 0 fully saturated rings. The Balaban J connectivity index is 3.24. The molecule has 0 aliphatic heterocycles. The summed E-state index contributed by atoms with van der Waals surface area (Å²) in [5, 5.41) is 0. The predicted molar refractivity (Wildman–Crippen MR) is 93.9 cm³/mol. The van der Waals surface area contributed by atoms with Crippen molar-refractivity contribution in [3.05, 3.63) is 35.2 Å². The van der Waals surface area contributed by atoms with E-state index >= 15 is 0 Å². The quantitative estimate of drug-likeness (QED) is 0.385. The van der Waals surface area contributed by atoms with Crippen LogP contribution in [0.25, 0.3) is 0 Å². The summed E-state index contributed by atoms with van der Waals surface area (Å²) in [4.78, 5) is 38.4. The van der Waals surface area contributed by atoms with Crippen LogP contribution in [0.15, 0.2) is 12.7 Å². The van der Waals surface area contributed by atoms with Gasteiger partial charge in [0, 0.05) is 31.5 Å². The molecule has 0 radical (unpaired) electrons. The summed E-state index contributed by atoms with van der Waals surface area (Å²) in [6.45, 7) is 9.56. The number of carbonyl (C=O) groups excluding carboxylic acids is 3. The van der Waals surface area contributed by atoms with Crippen LogP contribution < -0.4 is 0 Å². The maximum Gasteiger partial charge on any atom is 0.354 e. The van der Waals surface area contributed by atoms with Gasteiger partial charge in [-0.15, -0.1) is 6.58 Å². The minimum absolute atomic E-state index is 0.107. The number of hydrogen-bond acceptors (Lipinski definition) is 5. The smallest absolute Gasteiger partial charge is 0.354 e. The van der Waals surface area contributed by atoms with Crippen LogP contribution in [0.3, 0.4) is 0 Å². The molecule has 0 bridgehead atoms. The molecule has 1 aromatic rings. The number of ether oxygens (including phenoxy) is 2. The van der Waals surface area contributed by atoms with Crippen LogP contribution in [0.5, 0.6) is 0 Å². The largest absolute Gasteiger partial charge is 0.464 e. The monoisotopic (exact) mass is 350 g/mol. The van der Waals surface area contributed by atoms with E-state index in [-0.39, 0.29) is 31.4 Å². The second kappa shape index (κ2) is 9.17. The number of amides is 1. The number of nitrogens with zero attached hydrogens (tertiary/aromatic N) is 2. The molecule has 0 aliphatic rings. The zero-order chi connectivity index (χ0) is 19.1. The lowest BCUT2D eigenvalue weighted by Crippen LogP contribution is -2.38. The summed E-state index contributed by atoms with van der Waals surface area (Å²) in [5.74, 6) is -1.02. The number of ketones is 1. The molecule has 1 aromatic heterocycles. The Kier molecular flexibility index (Phi) is 7.57. The first kappa shape index (κ1) is 20.6. The fraction of sp³-hybridized carbons (Fsp3) is 0.500. The standard InChI is InChI=1S/C18H26N2O5/c1-7-9-19(15(22)11-24-5)10-14(21)16-12(3)17(18(23)25-6)20(8-2)13(16)4/h7H,1,8-11H2,2-6H3. The van der Waals surface area contributed by atoms with Gasteiger partial charge in [0.1, 0.15) is 12.3 Å². The average molecular weight is 350 g/mol. The van der Waals surface area contributed by atoms with E-state index < -0.39 is 5.97 Å². The van der Waals surface area contributed by atoms with Crippen molar-refractivity contribution < 1.29 is 23.9 Å². The molecule has 7 nitrogen and oxygen atoms in total. The van der Waals surface area contributed by atoms with Crippen molar-refractivity contribution in [1.29, 1.82) is 0 Å². The molecule has 7 heteroatoms. The molecule has 0 spiro atoms. The van der Waals surface area contributed by atoms with Crippen molar-refractivity contribution in [1.82, 2.24) is 9.47 Å². The zero-order valence-electron chi connectivity index (χ0n) is 15.5. The summed E-state index contributed by atoms with van der Waals surface area (Å²) < 4.78 is 11.4. The van der Waals surface area contributed by atoms with Crippen molar-refractivity contribution in [3.63, 3.8) is 0 Å². The molecular weight excluding hydrogens is 324 g/mol. The van der Waals surface area contributed by atoms with Gasteiger partial charge in [-0.3, -0.25) is 9.59 Å². The second-order valence-electron chi connectivity index (χ2n) is 5.59. The normalized spacial score (nSPS) is 10.4. The molecule has 0 N–H and O–H groups in total. The van der Waals surface area contributed by atoms with Crippen LogP contribution in [0.1, 0.15) is 39.0 Å². The molecule has 25 heavy (non-hydrogen) atoms. The molecule has 1 rings (SSSR count). The number of esters is 1. The first-order valence-corrected chi connectivity index (χ1v) is 8.02. The summed E-state index contributed by atoms with van der Waals surface area (Å²) in [5.41, 5.74) is 2.06.